The molecule has 0 unspecified atom stereocenters. The summed E-state index contributed by atoms with van der Waals surface area (Å²) in [4.78, 5) is 3.96. The molecule has 2 aromatic rings. The Kier molecular flexibility index (Phi) is 3.46. The number of aromatic nitrogens is 1. The van der Waals surface area contributed by atoms with Gasteiger partial charge in [0.2, 0.25) is 0 Å². The predicted molar refractivity (Wildman–Crippen MR) is 66.0 cm³/mol. The Hall–Kier alpha value is -2.04. The maximum atomic E-state index is 12.8. The maximum Gasteiger partial charge on any atom is 0.416 e. The quantitative estimate of drug-likeness (QED) is 0.817. The van der Waals surface area contributed by atoms with Gasteiger partial charge in [-0.05, 0) is 30.7 Å². The van der Waals surface area contributed by atoms with Gasteiger partial charge >= 0.3 is 6.18 Å². The Morgan fingerprint density at radius 3 is 2.47 bits per heavy atom. The molecule has 2 nitrogen and oxygen atoms in total. The van der Waals surface area contributed by atoms with Crippen LogP contribution in [0.1, 0.15) is 11.1 Å². The average Bonchev–Trinajstić information content (AvgIpc) is 2.38. The number of hydrogen-bond acceptors (Lipinski definition) is 2. The van der Waals surface area contributed by atoms with Crippen LogP contribution in [0.2, 0.25) is 0 Å². The number of hydrogen-bond donors (Lipinski definition) is 0. The van der Waals surface area contributed by atoms with E-state index in [-0.39, 0.29) is 11.3 Å². The first-order valence-corrected chi connectivity index (χ1v) is 5.59. The molecule has 2 rings (SSSR count). The Bertz CT molecular complexity index is 579. The lowest BCUT2D eigenvalue weighted by atomic mass is 9.99. The maximum absolute atomic E-state index is 12.8. The van der Waals surface area contributed by atoms with E-state index in [1.165, 1.54) is 20.1 Å². The van der Waals surface area contributed by atoms with Gasteiger partial charge in [0.05, 0.1) is 12.7 Å². The number of benzene rings is 1. The van der Waals surface area contributed by atoms with Gasteiger partial charge in [-0.15, -0.1) is 0 Å². The van der Waals surface area contributed by atoms with Crippen LogP contribution in [0.15, 0.2) is 36.7 Å². The Morgan fingerprint density at radius 1 is 1.21 bits per heavy atom. The van der Waals surface area contributed by atoms with Crippen molar-refractivity contribution in [1.29, 1.82) is 0 Å². The van der Waals surface area contributed by atoms with Crippen LogP contribution in [-0.2, 0) is 6.18 Å². The second-order valence-electron chi connectivity index (χ2n) is 4.11. The van der Waals surface area contributed by atoms with Gasteiger partial charge in [-0.3, -0.25) is 4.98 Å². The van der Waals surface area contributed by atoms with Crippen LogP contribution < -0.4 is 4.74 Å². The fourth-order valence-corrected chi connectivity index (χ4v) is 1.91. The smallest absolute Gasteiger partial charge is 0.416 e. The van der Waals surface area contributed by atoms with Crippen LogP contribution in [0.5, 0.6) is 5.75 Å². The minimum Gasteiger partial charge on any atom is -0.496 e. The zero-order valence-electron chi connectivity index (χ0n) is 10.5. The van der Waals surface area contributed by atoms with Crippen molar-refractivity contribution < 1.29 is 17.9 Å². The largest absolute Gasteiger partial charge is 0.496 e. The molecule has 0 bridgehead atoms. The summed E-state index contributed by atoms with van der Waals surface area (Å²) in [6, 6.07) is 6.00. The third kappa shape index (κ3) is 2.70. The molecule has 0 saturated heterocycles. The molecule has 19 heavy (non-hydrogen) atoms. The number of pyridine rings is 1. The summed E-state index contributed by atoms with van der Waals surface area (Å²) in [6.45, 7) is 1.43. The molecule has 0 aliphatic heterocycles. The molecule has 0 N–H and O–H groups in total. The first kappa shape index (κ1) is 13.4. The van der Waals surface area contributed by atoms with Crippen molar-refractivity contribution in [3.05, 3.63) is 47.8 Å². The number of alkyl halides is 3. The van der Waals surface area contributed by atoms with Gasteiger partial charge < -0.3 is 4.74 Å². The van der Waals surface area contributed by atoms with Gasteiger partial charge in [0.15, 0.2) is 0 Å². The highest BCUT2D eigenvalue weighted by Crippen LogP contribution is 2.39. The van der Waals surface area contributed by atoms with Crippen molar-refractivity contribution in [2.75, 3.05) is 7.11 Å². The van der Waals surface area contributed by atoms with Crippen LogP contribution in [0.4, 0.5) is 13.2 Å². The summed E-state index contributed by atoms with van der Waals surface area (Å²) in [5.41, 5.74) is 0.793. The predicted octanol–water partition coefficient (Wildman–Crippen LogP) is 4.08. The number of methoxy groups -OCH3 is 1. The highest BCUT2D eigenvalue weighted by molar-refractivity contribution is 5.71. The fourth-order valence-electron chi connectivity index (χ4n) is 1.91. The van der Waals surface area contributed by atoms with E-state index < -0.39 is 11.7 Å². The lowest BCUT2D eigenvalue weighted by molar-refractivity contribution is -0.138. The Morgan fingerprint density at radius 2 is 1.95 bits per heavy atom. The molecule has 5 heteroatoms. The van der Waals surface area contributed by atoms with Gasteiger partial charge in [-0.2, -0.15) is 13.2 Å². The molecule has 0 amide bonds. The van der Waals surface area contributed by atoms with Crippen molar-refractivity contribution in [1.82, 2.24) is 4.98 Å². The Labute approximate surface area is 108 Å². The molecular formula is C14H12F3NO. The number of ether oxygens (including phenoxy) is 1. The molecule has 100 valence electrons. The third-order valence-electron chi connectivity index (χ3n) is 2.82. The van der Waals surface area contributed by atoms with E-state index in [1.54, 1.807) is 24.5 Å². The van der Waals surface area contributed by atoms with Crippen molar-refractivity contribution in [3.8, 4) is 16.9 Å². The van der Waals surface area contributed by atoms with Gasteiger partial charge in [-0.1, -0.05) is 6.07 Å². The molecule has 1 aromatic heterocycles. The highest BCUT2D eigenvalue weighted by Gasteiger charge is 2.33. The van der Waals surface area contributed by atoms with E-state index in [1.807, 2.05) is 0 Å². The molecule has 0 saturated carbocycles. The van der Waals surface area contributed by atoms with Crippen molar-refractivity contribution in [2.24, 2.45) is 0 Å². The monoisotopic (exact) mass is 267 g/mol. The Balaban J connectivity index is 2.62. The average molecular weight is 267 g/mol. The van der Waals surface area contributed by atoms with Crippen LogP contribution in [0, 0.1) is 6.92 Å². The number of halogens is 3. The van der Waals surface area contributed by atoms with Crippen molar-refractivity contribution >= 4 is 0 Å². The van der Waals surface area contributed by atoms with E-state index in [0.29, 0.717) is 5.56 Å². The van der Waals surface area contributed by atoms with Crippen LogP contribution in [-0.4, -0.2) is 12.1 Å². The van der Waals surface area contributed by atoms with Gasteiger partial charge in [0, 0.05) is 23.5 Å². The zero-order chi connectivity index (χ0) is 14.0. The summed E-state index contributed by atoms with van der Waals surface area (Å²) in [6.07, 6.45) is -1.19. The van der Waals surface area contributed by atoms with Crippen molar-refractivity contribution in [3.63, 3.8) is 0 Å². The van der Waals surface area contributed by atoms with E-state index >= 15 is 0 Å². The van der Waals surface area contributed by atoms with E-state index in [0.717, 1.165) is 11.6 Å². The topological polar surface area (TPSA) is 22.1 Å². The van der Waals surface area contributed by atoms with E-state index in [4.69, 9.17) is 4.74 Å². The molecule has 0 aliphatic rings. The van der Waals surface area contributed by atoms with Crippen molar-refractivity contribution in [2.45, 2.75) is 13.1 Å². The molecule has 0 radical (unpaired) electrons. The van der Waals surface area contributed by atoms with Gasteiger partial charge in [-0.25, -0.2) is 0 Å². The normalized spacial score (nSPS) is 11.4. The lowest BCUT2D eigenvalue weighted by Gasteiger charge is -2.15. The second-order valence-corrected chi connectivity index (χ2v) is 4.11. The van der Waals surface area contributed by atoms with Gasteiger partial charge in [0.25, 0.3) is 0 Å². The lowest BCUT2D eigenvalue weighted by Crippen LogP contribution is -2.08. The van der Waals surface area contributed by atoms with Crippen LogP contribution in [0.3, 0.4) is 0 Å². The minimum atomic E-state index is -4.38. The SMILES string of the molecule is COc1cc(C(F)(F)F)c(C)cc1-c1cccnc1. The van der Waals surface area contributed by atoms with E-state index in [9.17, 15) is 13.2 Å². The standard InChI is InChI=1S/C14H12F3NO/c1-9-6-11(10-4-3-5-18-8-10)13(19-2)7-12(9)14(15,16)17/h3-8H,1-2H3. The molecule has 0 fully saturated rings. The third-order valence-corrected chi connectivity index (χ3v) is 2.82. The number of nitrogens with zero attached hydrogens (tertiary/aromatic N) is 1. The molecule has 1 heterocycles. The first-order chi connectivity index (χ1) is 8.93. The number of rotatable bonds is 2. The van der Waals surface area contributed by atoms with Gasteiger partial charge in [0.1, 0.15) is 5.75 Å². The summed E-state index contributed by atoms with van der Waals surface area (Å²) < 4.78 is 43.6. The van der Waals surface area contributed by atoms with Crippen LogP contribution in [0.25, 0.3) is 11.1 Å². The first-order valence-electron chi connectivity index (χ1n) is 5.59. The number of aryl methyl sites for hydroxylation is 1. The molecular weight excluding hydrogens is 255 g/mol. The molecule has 0 spiro atoms. The minimum absolute atomic E-state index is 0.159. The summed E-state index contributed by atoms with van der Waals surface area (Å²) in [5.74, 6) is 0.186. The summed E-state index contributed by atoms with van der Waals surface area (Å²) in [5, 5.41) is 0. The van der Waals surface area contributed by atoms with E-state index in [2.05, 4.69) is 4.98 Å². The molecule has 1 aromatic carbocycles. The van der Waals surface area contributed by atoms with Crippen LogP contribution >= 0.6 is 0 Å². The summed E-state index contributed by atoms with van der Waals surface area (Å²) in [7, 11) is 1.35. The zero-order valence-corrected chi connectivity index (χ0v) is 10.5. The second kappa shape index (κ2) is 4.91. The summed E-state index contributed by atoms with van der Waals surface area (Å²) >= 11 is 0. The molecule has 0 aliphatic carbocycles. The fraction of sp³-hybridized carbons (Fsp3) is 0.214. The highest BCUT2D eigenvalue weighted by atomic mass is 19.4. The molecule has 0 atom stereocenters.